The first-order chi connectivity index (χ1) is 7.44. The molecule has 1 rings (SSSR count). The van der Waals surface area contributed by atoms with Crippen LogP contribution in [0.25, 0.3) is 0 Å². The second-order valence-corrected chi connectivity index (χ2v) is 6.05. The summed E-state index contributed by atoms with van der Waals surface area (Å²) in [4.78, 5) is 2.65. The van der Waals surface area contributed by atoms with Crippen LogP contribution in [0.15, 0.2) is 0 Å². The van der Waals surface area contributed by atoms with E-state index in [1.54, 1.807) is 0 Å². The summed E-state index contributed by atoms with van der Waals surface area (Å²) in [5.41, 5.74) is 0.447. The summed E-state index contributed by atoms with van der Waals surface area (Å²) in [6, 6.07) is 2.03. The van der Waals surface area contributed by atoms with Crippen LogP contribution in [0, 0.1) is 5.41 Å². The molecule has 1 aliphatic rings. The molecule has 0 amide bonds. The maximum absolute atomic E-state index is 3.71. The van der Waals surface area contributed by atoms with Crippen LogP contribution in [0.4, 0.5) is 0 Å². The molecule has 1 N–H and O–H groups in total. The molecule has 96 valence electrons. The van der Waals surface area contributed by atoms with Gasteiger partial charge in [-0.25, -0.2) is 0 Å². The SMILES string of the molecule is CCNC1C(N(CC)C(C)C)CCC1(C)C. The molecule has 2 unspecified atom stereocenters. The molecule has 0 aliphatic heterocycles. The first kappa shape index (κ1) is 14.0. The maximum atomic E-state index is 3.71. The minimum absolute atomic E-state index is 0.447. The summed E-state index contributed by atoms with van der Waals surface area (Å²) in [7, 11) is 0. The van der Waals surface area contributed by atoms with Gasteiger partial charge in [0.2, 0.25) is 0 Å². The zero-order valence-corrected chi connectivity index (χ0v) is 12.0. The summed E-state index contributed by atoms with van der Waals surface area (Å²) < 4.78 is 0. The first-order valence-electron chi connectivity index (χ1n) is 6.93. The van der Waals surface area contributed by atoms with E-state index in [2.05, 4.69) is 51.8 Å². The third-order valence-corrected chi connectivity index (χ3v) is 4.19. The Kier molecular flexibility index (Phi) is 4.81. The summed E-state index contributed by atoms with van der Waals surface area (Å²) in [5.74, 6) is 0. The van der Waals surface area contributed by atoms with E-state index < -0.39 is 0 Å². The van der Waals surface area contributed by atoms with Crippen molar-refractivity contribution in [1.82, 2.24) is 10.2 Å². The number of hydrogen-bond acceptors (Lipinski definition) is 2. The van der Waals surface area contributed by atoms with Crippen molar-refractivity contribution in [2.24, 2.45) is 5.41 Å². The lowest BCUT2D eigenvalue weighted by Crippen LogP contribution is -2.53. The van der Waals surface area contributed by atoms with Crippen LogP contribution in [0.5, 0.6) is 0 Å². The number of nitrogens with one attached hydrogen (secondary N) is 1. The van der Waals surface area contributed by atoms with Crippen LogP contribution < -0.4 is 5.32 Å². The van der Waals surface area contributed by atoms with E-state index in [4.69, 9.17) is 0 Å². The molecule has 0 radical (unpaired) electrons. The summed E-state index contributed by atoms with van der Waals surface area (Å²) in [6.45, 7) is 16.2. The number of nitrogens with zero attached hydrogens (tertiary/aromatic N) is 1. The minimum atomic E-state index is 0.447. The van der Waals surface area contributed by atoms with Gasteiger partial charge in [-0.1, -0.05) is 27.7 Å². The van der Waals surface area contributed by atoms with Gasteiger partial charge in [-0.05, 0) is 45.2 Å². The Balaban J connectivity index is 2.79. The molecule has 2 atom stereocenters. The van der Waals surface area contributed by atoms with Crippen molar-refractivity contribution in [3.63, 3.8) is 0 Å². The van der Waals surface area contributed by atoms with Gasteiger partial charge in [0.15, 0.2) is 0 Å². The molecule has 1 aliphatic carbocycles. The smallest absolute Gasteiger partial charge is 0.0274 e. The molecule has 2 heteroatoms. The lowest BCUT2D eigenvalue weighted by atomic mass is 9.86. The van der Waals surface area contributed by atoms with Gasteiger partial charge in [-0.3, -0.25) is 4.90 Å². The van der Waals surface area contributed by atoms with Gasteiger partial charge in [0.25, 0.3) is 0 Å². The van der Waals surface area contributed by atoms with Gasteiger partial charge in [0.1, 0.15) is 0 Å². The molecule has 1 fully saturated rings. The van der Waals surface area contributed by atoms with E-state index in [-0.39, 0.29) is 0 Å². The van der Waals surface area contributed by atoms with Gasteiger partial charge < -0.3 is 5.32 Å². The largest absolute Gasteiger partial charge is 0.312 e. The number of likely N-dealkylation sites (N-methyl/N-ethyl adjacent to an activating group) is 2. The maximum Gasteiger partial charge on any atom is 0.0274 e. The zero-order chi connectivity index (χ0) is 12.3. The van der Waals surface area contributed by atoms with E-state index in [1.165, 1.54) is 19.4 Å². The Morgan fingerprint density at radius 3 is 2.38 bits per heavy atom. The fraction of sp³-hybridized carbons (Fsp3) is 1.00. The highest BCUT2D eigenvalue weighted by molar-refractivity contribution is 5.01. The molecule has 0 aromatic carbocycles. The van der Waals surface area contributed by atoms with Crippen molar-refractivity contribution in [3.8, 4) is 0 Å². The van der Waals surface area contributed by atoms with E-state index in [0.29, 0.717) is 17.5 Å². The molecule has 16 heavy (non-hydrogen) atoms. The predicted octanol–water partition coefficient (Wildman–Crippen LogP) is 2.88. The highest BCUT2D eigenvalue weighted by Crippen LogP contribution is 2.40. The molecule has 2 nitrogen and oxygen atoms in total. The molecule has 0 spiro atoms. The number of hydrogen-bond donors (Lipinski definition) is 1. The predicted molar refractivity (Wildman–Crippen MR) is 71.8 cm³/mol. The van der Waals surface area contributed by atoms with Crippen molar-refractivity contribution in [2.75, 3.05) is 13.1 Å². The van der Waals surface area contributed by atoms with E-state index in [9.17, 15) is 0 Å². The van der Waals surface area contributed by atoms with Gasteiger partial charge in [0.05, 0.1) is 0 Å². The molecule has 0 aromatic rings. The third kappa shape index (κ3) is 2.78. The summed E-state index contributed by atoms with van der Waals surface area (Å²) >= 11 is 0. The second-order valence-electron chi connectivity index (χ2n) is 6.05. The molecular weight excluding hydrogens is 196 g/mol. The fourth-order valence-corrected chi connectivity index (χ4v) is 3.34. The normalized spacial score (nSPS) is 29.2. The Hall–Kier alpha value is -0.0800. The van der Waals surface area contributed by atoms with E-state index >= 15 is 0 Å². The van der Waals surface area contributed by atoms with Crippen LogP contribution in [-0.2, 0) is 0 Å². The molecule has 0 heterocycles. The highest BCUT2D eigenvalue weighted by atomic mass is 15.2. The lowest BCUT2D eigenvalue weighted by molar-refractivity contribution is 0.120. The Morgan fingerprint density at radius 2 is 1.94 bits per heavy atom. The zero-order valence-electron chi connectivity index (χ0n) is 12.0. The monoisotopic (exact) mass is 226 g/mol. The van der Waals surface area contributed by atoms with Crippen LogP contribution in [0.1, 0.15) is 54.4 Å². The van der Waals surface area contributed by atoms with Crippen LogP contribution >= 0.6 is 0 Å². The third-order valence-electron chi connectivity index (χ3n) is 4.19. The van der Waals surface area contributed by atoms with Gasteiger partial charge in [-0.15, -0.1) is 0 Å². The second kappa shape index (κ2) is 5.50. The molecule has 0 aromatic heterocycles. The Morgan fingerprint density at radius 1 is 1.31 bits per heavy atom. The van der Waals surface area contributed by atoms with Crippen molar-refractivity contribution in [2.45, 2.75) is 72.5 Å². The van der Waals surface area contributed by atoms with Crippen molar-refractivity contribution in [1.29, 1.82) is 0 Å². The van der Waals surface area contributed by atoms with Crippen LogP contribution in [0.2, 0.25) is 0 Å². The van der Waals surface area contributed by atoms with Gasteiger partial charge in [-0.2, -0.15) is 0 Å². The van der Waals surface area contributed by atoms with Crippen LogP contribution in [-0.4, -0.2) is 36.1 Å². The topological polar surface area (TPSA) is 15.3 Å². The molecular formula is C14H30N2. The lowest BCUT2D eigenvalue weighted by Gasteiger charge is -2.39. The molecule has 1 saturated carbocycles. The highest BCUT2D eigenvalue weighted by Gasteiger charge is 2.43. The standard InChI is InChI=1S/C14H30N2/c1-7-15-13-12(9-10-14(13,5)6)16(8-2)11(3)4/h11-13,15H,7-10H2,1-6H3. The minimum Gasteiger partial charge on any atom is -0.312 e. The molecule has 0 saturated heterocycles. The quantitative estimate of drug-likeness (QED) is 0.775. The summed E-state index contributed by atoms with van der Waals surface area (Å²) in [5, 5.41) is 3.71. The fourth-order valence-electron chi connectivity index (χ4n) is 3.34. The van der Waals surface area contributed by atoms with E-state index in [0.717, 1.165) is 12.6 Å². The van der Waals surface area contributed by atoms with Crippen molar-refractivity contribution < 1.29 is 0 Å². The number of rotatable bonds is 5. The van der Waals surface area contributed by atoms with Gasteiger partial charge in [0, 0.05) is 18.1 Å². The average molecular weight is 226 g/mol. The van der Waals surface area contributed by atoms with Gasteiger partial charge >= 0.3 is 0 Å². The van der Waals surface area contributed by atoms with Crippen LogP contribution in [0.3, 0.4) is 0 Å². The molecule has 0 bridgehead atoms. The summed E-state index contributed by atoms with van der Waals surface area (Å²) in [6.07, 6.45) is 2.69. The van der Waals surface area contributed by atoms with Crippen molar-refractivity contribution in [3.05, 3.63) is 0 Å². The Labute approximate surface area is 102 Å². The first-order valence-corrected chi connectivity index (χ1v) is 6.93. The van der Waals surface area contributed by atoms with Crippen molar-refractivity contribution >= 4 is 0 Å². The average Bonchev–Trinajstić information content (AvgIpc) is 2.46. The van der Waals surface area contributed by atoms with E-state index in [1.807, 2.05) is 0 Å². The Bertz CT molecular complexity index is 211.